The van der Waals surface area contributed by atoms with Crippen molar-refractivity contribution in [2.24, 2.45) is 5.73 Å². The number of hydrogen-bond acceptors (Lipinski definition) is 7. The smallest absolute Gasteiger partial charge is 0.457 e. The summed E-state index contributed by atoms with van der Waals surface area (Å²) in [7, 11) is -4.27. The fraction of sp³-hybridized carbons (Fsp3) is 0.923. The van der Waals surface area contributed by atoms with Gasteiger partial charge in [-0.2, -0.15) is 0 Å². The molecule has 0 bridgehead atoms. The maximum atomic E-state index is 12.5. The van der Waals surface area contributed by atoms with Crippen molar-refractivity contribution >= 4 is 13.8 Å². The van der Waals surface area contributed by atoms with E-state index < -0.39 is 13.9 Å². The SMILES string of the molecule is CCCCCCCC/C=C\CCCCCCCC(=O)OC(COCCCCCCCCCCCCCCCC)COP(=O)(O)OCCN. The second kappa shape index (κ2) is 37.5. The highest BCUT2D eigenvalue weighted by Crippen LogP contribution is 2.43. The molecule has 0 aromatic rings. The molecule has 0 aliphatic carbocycles. The Kier molecular flexibility index (Phi) is 36.9. The third-order valence-corrected chi connectivity index (χ3v) is 9.67. The third-order valence-electron chi connectivity index (χ3n) is 8.68. The molecular formula is C39H78NO7P. The van der Waals surface area contributed by atoms with Gasteiger partial charge < -0.3 is 20.1 Å². The van der Waals surface area contributed by atoms with Crippen LogP contribution in [0, 0.1) is 0 Å². The minimum Gasteiger partial charge on any atom is -0.457 e. The van der Waals surface area contributed by atoms with Crippen LogP contribution >= 0.6 is 7.82 Å². The van der Waals surface area contributed by atoms with Crippen molar-refractivity contribution in [1.82, 2.24) is 0 Å². The van der Waals surface area contributed by atoms with Gasteiger partial charge in [0.2, 0.25) is 0 Å². The van der Waals surface area contributed by atoms with E-state index in [0.717, 1.165) is 44.9 Å². The molecule has 0 aliphatic rings. The summed E-state index contributed by atoms with van der Waals surface area (Å²) in [5.74, 6) is -0.336. The summed E-state index contributed by atoms with van der Waals surface area (Å²) in [5, 5.41) is 0. The topological polar surface area (TPSA) is 117 Å². The Morgan fingerprint density at radius 1 is 0.604 bits per heavy atom. The van der Waals surface area contributed by atoms with E-state index in [2.05, 4.69) is 26.0 Å². The lowest BCUT2D eigenvalue weighted by atomic mass is 10.0. The minimum atomic E-state index is -4.27. The van der Waals surface area contributed by atoms with Crippen molar-refractivity contribution < 1.29 is 32.8 Å². The van der Waals surface area contributed by atoms with Gasteiger partial charge in [0.1, 0.15) is 6.10 Å². The molecule has 3 N–H and O–H groups in total. The molecule has 0 aromatic heterocycles. The van der Waals surface area contributed by atoms with E-state index in [0.29, 0.717) is 13.0 Å². The summed E-state index contributed by atoms with van der Waals surface area (Å²) < 4.78 is 33.3. The highest BCUT2D eigenvalue weighted by atomic mass is 31.2. The predicted octanol–water partition coefficient (Wildman–Crippen LogP) is 11.5. The number of phosphoric acid groups is 1. The van der Waals surface area contributed by atoms with Gasteiger partial charge in [-0.05, 0) is 38.5 Å². The van der Waals surface area contributed by atoms with Gasteiger partial charge in [0, 0.05) is 19.6 Å². The van der Waals surface area contributed by atoms with Crippen molar-refractivity contribution in [2.45, 2.75) is 200 Å². The molecular weight excluding hydrogens is 625 g/mol. The molecule has 286 valence electrons. The number of phosphoric ester groups is 1. The largest absolute Gasteiger partial charge is 0.472 e. The monoisotopic (exact) mass is 704 g/mol. The second-order valence-corrected chi connectivity index (χ2v) is 15.0. The normalized spacial score (nSPS) is 13.7. The van der Waals surface area contributed by atoms with Crippen LogP contribution in [-0.4, -0.2) is 49.9 Å². The first kappa shape index (κ1) is 47.2. The Hall–Kier alpha value is -0.760. The highest BCUT2D eigenvalue weighted by Gasteiger charge is 2.25. The fourth-order valence-electron chi connectivity index (χ4n) is 5.70. The van der Waals surface area contributed by atoms with E-state index in [1.807, 2.05) is 0 Å². The van der Waals surface area contributed by atoms with E-state index in [1.54, 1.807) is 0 Å². The van der Waals surface area contributed by atoms with Crippen molar-refractivity contribution in [3.05, 3.63) is 12.2 Å². The van der Waals surface area contributed by atoms with Crippen LogP contribution in [0.15, 0.2) is 12.2 Å². The Balaban J connectivity index is 4.05. The van der Waals surface area contributed by atoms with Crippen LogP contribution < -0.4 is 5.73 Å². The molecule has 0 aromatic carbocycles. The van der Waals surface area contributed by atoms with E-state index in [1.165, 1.54) is 128 Å². The van der Waals surface area contributed by atoms with Gasteiger partial charge in [0.05, 0.1) is 19.8 Å². The van der Waals surface area contributed by atoms with Gasteiger partial charge >= 0.3 is 13.8 Å². The maximum absolute atomic E-state index is 12.5. The van der Waals surface area contributed by atoms with Crippen LogP contribution in [0.2, 0.25) is 0 Å². The fourth-order valence-corrected chi connectivity index (χ4v) is 6.46. The van der Waals surface area contributed by atoms with Crippen LogP contribution in [0.25, 0.3) is 0 Å². The maximum Gasteiger partial charge on any atom is 0.472 e. The summed E-state index contributed by atoms with van der Waals surface area (Å²) in [5.41, 5.74) is 5.36. The lowest BCUT2D eigenvalue weighted by Gasteiger charge is -2.20. The zero-order chi connectivity index (χ0) is 35.2. The van der Waals surface area contributed by atoms with Gasteiger partial charge in [-0.1, -0.05) is 161 Å². The number of nitrogens with two attached hydrogens (primary N) is 1. The molecule has 48 heavy (non-hydrogen) atoms. The molecule has 2 atom stereocenters. The second-order valence-electron chi connectivity index (χ2n) is 13.5. The van der Waals surface area contributed by atoms with Crippen LogP contribution in [0.1, 0.15) is 194 Å². The number of carbonyl (C=O) groups is 1. The molecule has 0 saturated heterocycles. The molecule has 0 aliphatic heterocycles. The van der Waals surface area contributed by atoms with Gasteiger partial charge in [-0.3, -0.25) is 13.8 Å². The molecule has 0 rings (SSSR count). The number of ether oxygens (including phenoxy) is 2. The van der Waals surface area contributed by atoms with Crippen LogP contribution in [0.3, 0.4) is 0 Å². The zero-order valence-corrected chi connectivity index (χ0v) is 32.4. The lowest BCUT2D eigenvalue weighted by molar-refractivity contribution is -0.154. The van der Waals surface area contributed by atoms with Crippen molar-refractivity contribution in [3.8, 4) is 0 Å². The Morgan fingerprint density at radius 2 is 1.04 bits per heavy atom. The number of rotatable bonds is 39. The third kappa shape index (κ3) is 36.5. The van der Waals surface area contributed by atoms with Crippen molar-refractivity contribution in [1.29, 1.82) is 0 Å². The standard InChI is InChI=1S/C39H78NO7P/c1-3-5-7-9-11-13-15-17-19-20-22-24-26-28-30-32-39(41)47-38(37-46-48(42,43)45-35-33-40)36-44-34-31-29-27-25-23-21-18-16-14-12-10-8-6-4-2/h17,19,38H,3-16,18,20-37,40H2,1-2H3,(H,42,43)/b19-17-. The van der Waals surface area contributed by atoms with Crippen LogP contribution in [0.4, 0.5) is 0 Å². The van der Waals surface area contributed by atoms with Crippen molar-refractivity contribution in [2.75, 3.05) is 33.0 Å². The molecule has 0 radical (unpaired) electrons. The molecule has 0 amide bonds. The molecule has 0 spiro atoms. The molecule has 2 unspecified atom stereocenters. The number of allylic oxidation sites excluding steroid dienone is 2. The first-order valence-corrected chi connectivity index (χ1v) is 21.7. The Bertz CT molecular complexity index is 752. The quantitative estimate of drug-likeness (QED) is 0.0281. The summed E-state index contributed by atoms with van der Waals surface area (Å²) >= 11 is 0. The number of carbonyl (C=O) groups excluding carboxylic acids is 1. The Labute approximate surface area is 296 Å². The Morgan fingerprint density at radius 3 is 1.52 bits per heavy atom. The van der Waals surface area contributed by atoms with Gasteiger partial charge in [0.15, 0.2) is 0 Å². The van der Waals surface area contributed by atoms with E-state index in [9.17, 15) is 14.3 Å². The van der Waals surface area contributed by atoms with E-state index in [-0.39, 0.29) is 32.3 Å². The molecule has 9 heteroatoms. The zero-order valence-electron chi connectivity index (χ0n) is 31.5. The molecule has 0 heterocycles. The van der Waals surface area contributed by atoms with E-state index >= 15 is 0 Å². The van der Waals surface area contributed by atoms with Gasteiger partial charge in [0.25, 0.3) is 0 Å². The molecule has 0 fully saturated rings. The average molecular weight is 704 g/mol. The summed E-state index contributed by atoms with van der Waals surface area (Å²) in [4.78, 5) is 22.4. The summed E-state index contributed by atoms with van der Waals surface area (Å²) in [6, 6.07) is 0. The van der Waals surface area contributed by atoms with Crippen molar-refractivity contribution in [3.63, 3.8) is 0 Å². The minimum absolute atomic E-state index is 0.0939. The number of unbranched alkanes of at least 4 members (excludes halogenated alkanes) is 24. The predicted molar refractivity (Wildman–Crippen MR) is 201 cm³/mol. The lowest BCUT2D eigenvalue weighted by Crippen LogP contribution is -2.28. The number of hydrogen-bond donors (Lipinski definition) is 2. The number of esters is 1. The summed E-state index contributed by atoms with van der Waals surface area (Å²) in [6.07, 6.45) is 37.9. The summed E-state index contributed by atoms with van der Waals surface area (Å²) in [6.45, 7) is 4.93. The van der Waals surface area contributed by atoms with Crippen LogP contribution in [-0.2, 0) is 27.9 Å². The highest BCUT2D eigenvalue weighted by molar-refractivity contribution is 7.47. The first-order valence-electron chi connectivity index (χ1n) is 20.2. The van der Waals surface area contributed by atoms with Gasteiger partial charge in [-0.15, -0.1) is 0 Å². The molecule has 0 saturated carbocycles. The van der Waals surface area contributed by atoms with E-state index in [4.69, 9.17) is 24.3 Å². The average Bonchev–Trinajstić information content (AvgIpc) is 3.07. The first-order chi connectivity index (χ1) is 23.4. The van der Waals surface area contributed by atoms with Gasteiger partial charge in [-0.25, -0.2) is 4.57 Å². The van der Waals surface area contributed by atoms with Crippen LogP contribution in [0.5, 0.6) is 0 Å². The molecule has 8 nitrogen and oxygen atoms in total.